The van der Waals surface area contributed by atoms with Crippen LogP contribution in [0.3, 0.4) is 0 Å². The van der Waals surface area contributed by atoms with Crippen molar-refractivity contribution in [3.05, 3.63) is 26.2 Å². The molecule has 1 rings (SSSR count). The number of benzene rings is 1. The molecular formula is C10H14BrIN4O. The molecule has 0 bridgehead atoms. The van der Waals surface area contributed by atoms with Crippen LogP contribution in [-0.2, 0) is 4.74 Å². The van der Waals surface area contributed by atoms with Gasteiger partial charge in [0, 0.05) is 20.8 Å². The molecule has 0 atom stereocenters. The van der Waals surface area contributed by atoms with Gasteiger partial charge in [-0.3, -0.25) is 5.43 Å². The van der Waals surface area contributed by atoms with Gasteiger partial charge in [-0.25, -0.2) is 10.8 Å². The molecule has 5 nitrogen and oxygen atoms in total. The minimum absolute atomic E-state index is 0.514. The van der Waals surface area contributed by atoms with E-state index in [1.165, 1.54) is 0 Å². The van der Waals surface area contributed by atoms with Gasteiger partial charge in [0.05, 0.1) is 13.2 Å². The highest BCUT2D eigenvalue weighted by Gasteiger charge is 2.01. The van der Waals surface area contributed by atoms with E-state index in [1.54, 1.807) is 7.11 Å². The molecule has 7 heteroatoms. The van der Waals surface area contributed by atoms with Gasteiger partial charge in [0.25, 0.3) is 0 Å². The summed E-state index contributed by atoms with van der Waals surface area (Å²) in [5.41, 5.74) is 3.44. The fraction of sp³-hybridized carbons (Fsp3) is 0.300. The fourth-order valence-corrected chi connectivity index (χ4v) is 1.84. The van der Waals surface area contributed by atoms with Crippen LogP contribution >= 0.6 is 38.5 Å². The van der Waals surface area contributed by atoms with Crippen molar-refractivity contribution in [2.24, 2.45) is 10.8 Å². The molecule has 1 aromatic rings. The predicted octanol–water partition coefficient (Wildman–Crippen LogP) is 1.93. The van der Waals surface area contributed by atoms with Crippen molar-refractivity contribution in [1.29, 1.82) is 0 Å². The first-order valence-corrected chi connectivity index (χ1v) is 6.76. The Morgan fingerprint density at radius 2 is 2.35 bits per heavy atom. The molecule has 0 amide bonds. The molecule has 0 aliphatic rings. The summed E-state index contributed by atoms with van der Waals surface area (Å²) < 4.78 is 7.08. The highest BCUT2D eigenvalue weighted by Crippen LogP contribution is 2.22. The average molecular weight is 413 g/mol. The Morgan fingerprint density at radius 1 is 1.59 bits per heavy atom. The summed E-state index contributed by atoms with van der Waals surface area (Å²) >= 11 is 5.69. The van der Waals surface area contributed by atoms with E-state index in [0.29, 0.717) is 19.1 Å². The maximum atomic E-state index is 5.38. The number of nitrogens with zero attached hydrogens (tertiary/aromatic N) is 1. The van der Waals surface area contributed by atoms with Gasteiger partial charge in [0.15, 0.2) is 0 Å². The number of halogens is 2. The molecule has 0 fully saturated rings. The molecule has 1 aromatic carbocycles. The predicted molar refractivity (Wildman–Crippen MR) is 82.0 cm³/mol. The van der Waals surface area contributed by atoms with Gasteiger partial charge in [-0.05, 0) is 56.7 Å². The zero-order valence-electron chi connectivity index (χ0n) is 9.34. The van der Waals surface area contributed by atoms with Gasteiger partial charge in [0.1, 0.15) is 0 Å². The van der Waals surface area contributed by atoms with E-state index in [1.807, 2.05) is 18.2 Å². The van der Waals surface area contributed by atoms with E-state index < -0.39 is 0 Å². The Hall–Kier alpha value is -0.380. The lowest BCUT2D eigenvalue weighted by Crippen LogP contribution is -2.36. The lowest BCUT2D eigenvalue weighted by atomic mass is 10.3. The number of rotatable bonds is 4. The van der Waals surface area contributed by atoms with E-state index in [2.05, 4.69) is 54.3 Å². The van der Waals surface area contributed by atoms with E-state index >= 15 is 0 Å². The van der Waals surface area contributed by atoms with Gasteiger partial charge in [-0.2, -0.15) is 0 Å². The van der Waals surface area contributed by atoms with Crippen molar-refractivity contribution < 1.29 is 4.74 Å². The summed E-state index contributed by atoms with van der Waals surface area (Å²) in [4.78, 5) is 4.21. The molecule has 0 spiro atoms. The van der Waals surface area contributed by atoms with Crippen molar-refractivity contribution in [1.82, 2.24) is 5.43 Å². The largest absolute Gasteiger partial charge is 0.383 e. The number of guanidine groups is 1. The Balaban J connectivity index is 2.67. The quantitative estimate of drug-likeness (QED) is 0.176. The molecule has 0 aromatic heterocycles. The number of hydrazine groups is 1. The zero-order chi connectivity index (χ0) is 12.7. The number of aliphatic imine (C=N–C) groups is 1. The fourth-order valence-electron chi connectivity index (χ4n) is 1.08. The van der Waals surface area contributed by atoms with Crippen molar-refractivity contribution in [2.75, 3.05) is 25.6 Å². The standard InChI is InChI=1S/C10H14BrIN4O/c1-17-5-4-14-10(16-13)15-7-2-3-8(11)9(12)6-7/h2-3,6H,4-5,13H2,1H3,(H2,14,15,16). The SMILES string of the molecule is COCCN=C(NN)Nc1ccc(Br)c(I)c1. The van der Waals surface area contributed by atoms with Gasteiger partial charge in [0.2, 0.25) is 5.96 Å². The number of anilines is 1. The number of nitrogens with one attached hydrogen (secondary N) is 2. The van der Waals surface area contributed by atoms with Crippen molar-refractivity contribution in [3.8, 4) is 0 Å². The number of methoxy groups -OCH3 is 1. The molecule has 0 radical (unpaired) electrons. The van der Waals surface area contributed by atoms with Crippen molar-refractivity contribution in [3.63, 3.8) is 0 Å². The third-order valence-electron chi connectivity index (χ3n) is 1.88. The highest BCUT2D eigenvalue weighted by atomic mass is 127. The molecular weight excluding hydrogens is 399 g/mol. The van der Waals surface area contributed by atoms with Crippen LogP contribution in [0.25, 0.3) is 0 Å². The first-order valence-electron chi connectivity index (χ1n) is 4.89. The smallest absolute Gasteiger partial charge is 0.210 e. The van der Waals surface area contributed by atoms with E-state index in [0.717, 1.165) is 13.7 Å². The normalized spacial score (nSPS) is 11.4. The zero-order valence-corrected chi connectivity index (χ0v) is 13.1. The molecule has 0 aliphatic heterocycles. The second-order valence-corrected chi connectivity index (χ2v) is 5.14. The molecule has 0 heterocycles. The van der Waals surface area contributed by atoms with E-state index in [4.69, 9.17) is 10.6 Å². The Kier molecular flexibility index (Phi) is 6.78. The molecule has 0 saturated heterocycles. The third-order valence-corrected chi connectivity index (χ3v) is 4.21. The topological polar surface area (TPSA) is 71.7 Å². The number of nitrogens with two attached hydrogens (primary N) is 1. The summed E-state index contributed by atoms with van der Waals surface area (Å²) in [5, 5.41) is 3.09. The molecule has 0 aliphatic carbocycles. The van der Waals surface area contributed by atoms with Gasteiger partial charge < -0.3 is 10.1 Å². The van der Waals surface area contributed by atoms with Crippen LogP contribution in [0, 0.1) is 3.57 Å². The lowest BCUT2D eigenvalue weighted by Gasteiger charge is -2.10. The number of hydrogen-bond donors (Lipinski definition) is 3. The molecule has 94 valence electrons. The third kappa shape index (κ3) is 5.19. The first kappa shape index (κ1) is 14.7. The molecule has 0 unspecified atom stereocenters. The van der Waals surface area contributed by atoms with Crippen LogP contribution in [0.15, 0.2) is 27.7 Å². The van der Waals surface area contributed by atoms with Crippen molar-refractivity contribution >= 4 is 50.2 Å². The van der Waals surface area contributed by atoms with Crippen LogP contribution < -0.4 is 16.6 Å². The summed E-state index contributed by atoms with van der Waals surface area (Å²) in [6, 6.07) is 5.90. The highest BCUT2D eigenvalue weighted by molar-refractivity contribution is 14.1. The average Bonchev–Trinajstić information content (AvgIpc) is 2.32. The summed E-state index contributed by atoms with van der Waals surface area (Å²) in [7, 11) is 1.63. The Labute approximate surface area is 122 Å². The first-order chi connectivity index (χ1) is 8.17. The van der Waals surface area contributed by atoms with Crippen LogP contribution in [0.1, 0.15) is 0 Å². The van der Waals surface area contributed by atoms with Crippen LogP contribution in [-0.4, -0.2) is 26.2 Å². The van der Waals surface area contributed by atoms with Crippen LogP contribution in [0.4, 0.5) is 5.69 Å². The summed E-state index contributed by atoms with van der Waals surface area (Å²) in [5.74, 6) is 5.89. The Morgan fingerprint density at radius 3 is 2.94 bits per heavy atom. The van der Waals surface area contributed by atoms with Gasteiger partial charge in [-0.15, -0.1) is 0 Å². The Bertz CT molecular complexity index is 400. The van der Waals surface area contributed by atoms with Crippen LogP contribution in [0.2, 0.25) is 0 Å². The number of hydrogen-bond acceptors (Lipinski definition) is 3. The monoisotopic (exact) mass is 412 g/mol. The van der Waals surface area contributed by atoms with E-state index in [9.17, 15) is 0 Å². The maximum absolute atomic E-state index is 5.38. The minimum Gasteiger partial charge on any atom is -0.383 e. The van der Waals surface area contributed by atoms with Gasteiger partial charge in [-0.1, -0.05) is 0 Å². The molecule has 17 heavy (non-hydrogen) atoms. The minimum atomic E-state index is 0.514. The summed E-state index contributed by atoms with van der Waals surface area (Å²) in [6.45, 7) is 1.11. The van der Waals surface area contributed by atoms with Crippen LogP contribution in [0.5, 0.6) is 0 Å². The van der Waals surface area contributed by atoms with Gasteiger partial charge >= 0.3 is 0 Å². The van der Waals surface area contributed by atoms with E-state index in [-0.39, 0.29) is 0 Å². The second kappa shape index (κ2) is 7.85. The maximum Gasteiger partial charge on any atom is 0.210 e. The lowest BCUT2D eigenvalue weighted by molar-refractivity contribution is 0.208. The second-order valence-electron chi connectivity index (χ2n) is 3.12. The van der Waals surface area contributed by atoms with Crippen molar-refractivity contribution in [2.45, 2.75) is 0 Å². The number of ether oxygens (including phenoxy) is 1. The molecule has 4 N–H and O–H groups in total. The summed E-state index contributed by atoms with van der Waals surface area (Å²) in [6.07, 6.45) is 0. The molecule has 0 saturated carbocycles.